The standard InChI is InChI=1S/C12H11F2NO3/c1-2-18-11(17)12(14)6-7-4-3-5-8(13)9(7)15-10(12)16/h3-5H,2,6H2,1H3,(H,15,16). The minimum Gasteiger partial charge on any atom is -0.463 e. The van der Waals surface area contributed by atoms with Crippen LogP contribution in [0.4, 0.5) is 14.5 Å². The van der Waals surface area contributed by atoms with Crippen molar-refractivity contribution in [2.75, 3.05) is 11.9 Å². The number of carbonyl (C=O) groups excluding carboxylic acids is 2. The van der Waals surface area contributed by atoms with Gasteiger partial charge in [0.2, 0.25) is 0 Å². The van der Waals surface area contributed by atoms with Crippen molar-refractivity contribution >= 4 is 17.6 Å². The number of halogens is 2. The lowest BCUT2D eigenvalue weighted by Gasteiger charge is -2.28. The number of para-hydroxylation sites is 1. The number of nitrogens with one attached hydrogen (secondary N) is 1. The number of anilines is 1. The third-order valence-corrected chi connectivity index (χ3v) is 2.73. The highest BCUT2D eigenvalue weighted by atomic mass is 19.1. The van der Waals surface area contributed by atoms with Crippen molar-refractivity contribution in [3.05, 3.63) is 29.6 Å². The van der Waals surface area contributed by atoms with Gasteiger partial charge in [0.25, 0.3) is 11.6 Å². The molecule has 96 valence electrons. The Morgan fingerprint density at radius 1 is 1.56 bits per heavy atom. The fourth-order valence-corrected chi connectivity index (χ4v) is 1.82. The highest BCUT2D eigenvalue weighted by Crippen LogP contribution is 2.33. The van der Waals surface area contributed by atoms with Crippen LogP contribution < -0.4 is 5.32 Å². The Morgan fingerprint density at radius 3 is 2.94 bits per heavy atom. The number of hydrogen-bond acceptors (Lipinski definition) is 3. The topological polar surface area (TPSA) is 55.4 Å². The average Bonchev–Trinajstić information content (AvgIpc) is 2.32. The number of alkyl halides is 1. The van der Waals surface area contributed by atoms with Crippen LogP contribution in [0.25, 0.3) is 0 Å². The molecule has 0 saturated carbocycles. The fraction of sp³-hybridized carbons (Fsp3) is 0.333. The maximum Gasteiger partial charge on any atom is 0.354 e. The molecule has 1 unspecified atom stereocenters. The van der Waals surface area contributed by atoms with E-state index in [4.69, 9.17) is 0 Å². The Kier molecular flexibility index (Phi) is 3.02. The molecule has 0 bridgehead atoms. The zero-order valence-corrected chi connectivity index (χ0v) is 9.63. The lowest BCUT2D eigenvalue weighted by Crippen LogP contribution is -2.51. The van der Waals surface area contributed by atoms with Gasteiger partial charge in [-0.2, -0.15) is 0 Å². The molecule has 1 atom stereocenters. The Hall–Kier alpha value is -1.98. The van der Waals surface area contributed by atoms with Crippen LogP contribution in [0.3, 0.4) is 0 Å². The molecule has 0 saturated heterocycles. The van der Waals surface area contributed by atoms with Crippen LogP contribution in [-0.2, 0) is 20.7 Å². The Bertz CT molecular complexity index is 518. The zero-order valence-electron chi connectivity index (χ0n) is 9.63. The Morgan fingerprint density at radius 2 is 2.28 bits per heavy atom. The molecule has 0 aliphatic carbocycles. The molecule has 1 aromatic rings. The summed E-state index contributed by atoms with van der Waals surface area (Å²) in [5, 5.41) is 2.07. The van der Waals surface area contributed by atoms with Gasteiger partial charge in [-0.3, -0.25) is 4.79 Å². The van der Waals surface area contributed by atoms with E-state index in [-0.39, 0.29) is 17.9 Å². The van der Waals surface area contributed by atoms with E-state index >= 15 is 0 Å². The first kappa shape index (κ1) is 12.5. The van der Waals surface area contributed by atoms with Gasteiger partial charge in [-0.25, -0.2) is 13.6 Å². The summed E-state index contributed by atoms with van der Waals surface area (Å²) in [5.41, 5.74) is -2.65. The van der Waals surface area contributed by atoms with Crippen LogP contribution in [0.2, 0.25) is 0 Å². The molecule has 0 radical (unpaired) electrons. The zero-order chi connectivity index (χ0) is 13.3. The predicted molar refractivity (Wildman–Crippen MR) is 59.2 cm³/mol. The maximum absolute atomic E-state index is 14.3. The molecule has 18 heavy (non-hydrogen) atoms. The second kappa shape index (κ2) is 4.36. The van der Waals surface area contributed by atoms with Crippen molar-refractivity contribution in [3.8, 4) is 0 Å². The summed E-state index contributed by atoms with van der Waals surface area (Å²) in [6, 6.07) is 3.98. The second-order valence-corrected chi connectivity index (χ2v) is 3.93. The van der Waals surface area contributed by atoms with Crippen LogP contribution in [0, 0.1) is 5.82 Å². The van der Waals surface area contributed by atoms with E-state index in [2.05, 4.69) is 10.1 Å². The van der Waals surface area contributed by atoms with Gasteiger partial charge < -0.3 is 10.1 Å². The molecule has 0 spiro atoms. The Balaban J connectivity index is 2.39. The largest absolute Gasteiger partial charge is 0.463 e. The van der Waals surface area contributed by atoms with Gasteiger partial charge in [-0.15, -0.1) is 0 Å². The van der Waals surface area contributed by atoms with Gasteiger partial charge in [0, 0.05) is 6.42 Å². The van der Waals surface area contributed by atoms with Crippen molar-refractivity contribution in [1.29, 1.82) is 0 Å². The number of rotatable bonds is 2. The second-order valence-electron chi connectivity index (χ2n) is 3.93. The van der Waals surface area contributed by atoms with Gasteiger partial charge in [-0.1, -0.05) is 12.1 Å². The smallest absolute Gasteiger partial charge is 0.354 e. The highest BCUT2D eigenvalue weighted by molar-refractivity contribution is 6.14. The minimum absolute atomic E-state index is 0.0339. The summed E-state index contributed by atoms with van der Waals surface area (Å²) in [5.74, 6) is -3.11. The number of carbonyl (C=O) groups is 2. The van der Waals surface area contributed by atoms with Crippen LogP contribution in [0.1, 0.15) is 12.5 Å². The molecule has 1 aliphatic rings. The number of esters is 1. The van der Waals surface area contributed by atoms with E-state index in [0.717, 1.165) is 6.07 Å². The number of hydrogen-bond donors (Lipinski definition) is 1. The first-order valence-electron chi connectivity index (χ1n) is 5.44. The number of benzene rings is 1. The molecule has 0 fully saturated rings. The maximum atomic E-state index is 14.3. The first-order chi connectivity index (χ1) is 8.49. The molecule has 1 heterocycles. The SMILES string of the molecule is CCOC(=O)C1(F)Cc2cccc(F)c2NC1=O. The summed E-state index contributed by atoms with van der Waals surface area (Å²) >= 11 is 0. The lowest BCUT2D eigenvalue weighted by atomic mass is 9.90. The average molecular weight is 255 g/mol. The Labute approximate surface area is 102 Å². The monoisotopic (exact) mass is 255 g/mol. The summed E-state index contributed by atoms with van der Waals surface area (Å²) in [6.45, 7) is 1.48. The number of amides is 1. The van der Waals surface area contributed by atoms with Crippen molar-refractivity contribution in [1.82, 2.24) is 0 Å². The predicted octanol–water partition coefficient (Wildman–Crippen LogP) is 1.59. The fourth-order valence-electron chi connectivity index (χ4n) is 1.82. The van der Waals surface area contributed by atoms with Crippen LogP contribution in [0.5, 0.6) is 0 Å². The number of ether oxygens (including phenoxy) is 1. The third kappa shape index (κ3) is 1.83. The van der Waals surface area contributed by atoms with Gasteiger partial charge in [0.1, 0.15) is 5.82 Å². The molecule has 1 aliphatic heterocycles. The van der Waals surface area contributed by atoms with Crippen molar-refractivity contribution in [3.63, 3.8) is 0 Å². The number of fused-ring (bicyclic) bond motifs is 1. The summed E-state index contributed by atoms with van der Waals surface area (Å²) < 4.78 is 32.3. The van der Waals surface area contributed by atoms with Gasteiger partial charge in [0.05, 0.1) is 12.3 Å². The molecule has 1 N–H and O–H groups in total. The minimum atomic E-state index is -2.79. The molecular formula is C12H11F2NO3. The van der Waals surface area contributed by atoms with Crippen LogP contribution >= 0.6 is 0 Å². The molecular weight excluding hydrogens is 244 g/mol. The molecule has 2 rings (SSSR count). The normalized spacial score (nSPS) is 22.1. The van der Waals surface area contributed by atoms with E-state index in [9.17, 15) is 18.4 Å². The lowest BCUT2D eigenvalue weighted by molar-refractivity contribution is -0.161. The van der Waals surface area contributed by atoms with E-state index < -0.39 is 29.8 Å². The van der Waals surface area contributed by atoms with Crippen molar-refractivity contribution in [2.45, 2.75) is 19.0 Å². The molecule has 0 aromatic heterocycles. The molecule has 4 nitrogen and oxygen atoms in total. The van der Waals surface area contributed by atoms with E-state index in [1.807, 2.05) is 0 Å². The highest BCUT2D eigenvalue weighted by Gasteiger charge is 2.51. The summed E-state index contributed by atoms with van der Waals surface area (Å²) in [6.07, 6.45) is -0.523. The van der Waals surface area contributed by atoms with E-state index in [1.54, 1.807) is 0 Å². The van der Waals surface area contributed by atoms with Crippen LogP contribution in [-0.4, -0.2) is 24.2 Å². The third-order valence-electron chi connectivity index (χ3n) is 2.73. The first-order valence-corrected chi connectivity index (χ1v) is 5.44. The van der Waals surface area contributed by atoms with E-state index in [0.29, 0.717) is 0 Å². The quantitative estimate of drug-likeness (QED) is 0.645. The van der Waals surface area contributed by atoms with Crippen LogP contribution in [0.15, 0.2) is 18.2 Å². The van der Waals surface area contributed by atoms with Gasteiger partial charge in [0.15, 0.2) is 0 Å². The van der Waals surface area contributed by atoms with Gasteiger partial charge >= 0.3 is 5.97 Å². The van der Waals surface area contributed by atoms with Gasteiger partial charge in [-0.05, 0) is 18.6 Å². The molecule has 1 amide bonds. The summed E-state index contributed by atoms with van der Waals surface area (Å²) in [4.78, 5) is 23.1. The van der Waals surface area contributed by atoms with Crippen molar-refractivity contribution in [2.24, 2.45) is 0 Å². The van der Waals surface area contributed by atoms with E-state index in [1.165, 1.54) is 19.1 Å². The molecule has 1 aromatic carbocycles. The summed E-state index contributed by atoms with van der Waals surface area (Å²) in [7, 11) is 0. The van der Waals surface area contributed by atoms with Crippen molar-refractivity contribution < 1.29 is 23.1 Å². The molecule has 6 heteroatoms.